The molecule has 0 bridgehead atoms. The fraction of sp³-hybridized carbons (Fsp3) is 0.222. The molecule has 0 aliphatic rings. The van der Waals surface area contributed by atoms with Crippen molar-refractivity contribution in [2.75, 3.05) is 6.61 Å². The van der Waals surface area contributed by atoms with E-state index in [4.69, 9.17) is 10.5 Å². The average Bonchev–Trinajstić information content (AvgIpc) is 2.45. The van der Waals surface area contributed by atoms with Crippen LogP contribution < -0.4 is 10.5 Å². The van der Waals surface area contributed by atoms with Gasteiger partial charge in [-0.3, -0.25) is 0 Å². The number of hydrogen-bond acceptors (Lipinski definition) is 2. The van der Waals surface area contributed by atoms with Crippen LogP contribution in [0.3, 0.4) is 0 Å². The van der Waals surface area contributed by atoms with E-state index in [1.54, 1.807) is 0 Å². The summed E-state index contributed by atoms with van der Waals surface area (Å²) in [6, 6.07) is 16.3. The third-order valence-corrected chi connectivity index (χ3v) is 3.10. The predicted molar refractivity (Wildman–Crippen MR) is 84.8 cm³/mol. The molecule has 2 aromatic rings. The van der Waals surface area contributed by atoms with Gasteiger partial charge in [0.25, 0.3) is 0 Å². The first-order valence-electron chi connectivity index (χ1n) is 6.87. The number of benzene rings is 2. The van der Waals surface area contributed by atoms with E-state index in [9.17, 15) is 0 Å². The van der Waals surface area contributed by atoms with Crippen LogP contribution in [0.1, 0.15) is 29.7 Å². The topological polar surface area (TPSA) is 35.2 Å². The second-order valence-electron chi connectivity index (χ2n) is 4.95. The zero-order valence-electron chi connectivity index (χ0n) is 12.0. The molecule has 2 aromatic carbocycles. The third-order valence-electron chi connectivity index (χ3n) is 3.10. The quantitative estimate of drug-likeness (QED) is 0.885. The van der Waals surface area contributed by atoms with E-state index in [-0.39, 0.29) is 6.04 Å². The Hall–Kier alpha value is -2.06. The normalized spacial score (nSPS) is 12.6. The van der Waals surface area contributed by atoms with Gasteiger partial charge in [-0.25, -0.2) is 0 Å². The highest BCUT2D eigenvalue weighted by Crippen LogP contribution is 2.25. The predicted octanol–water partition coefficient (Wildman–Crippen LogP) is 4.11. The first kappa shape index (κ1) is 14.4. The van der Waals surface area contributed by atoms with Crippen molar-refractivity contribution in [2.45, 2.75) is 19.9 Å². The molecule has 0 radical (unpaired) electrons. The highest BCUT2D eigenvalue weighted by atomic mass is 16.5. The van der Waals surface area contributed by atoms with Gasteiger partial charge in [0.1, 0.15) is 12.4 Å². The molecule has 104 valence electrons. The summed E-state index contributed by atoms with van der Waals surface area (Å²) >= 11 is 0. The minimum atomic E-state index is -0.0250. The lowest BCUT2D eigenvalue weighted by Gasteiger charge is -2.13. The van der Waals surface area contributed by atoms with Gasteiger partial charge < -0.3 is 10.5 Å². The van der Waals surface area contributed by atoms with Crippen LogP contribution in [-0.2, 0) is 0 Å². The van der Waals surface area contributed by atoms with Gasteiger partial charge in [-0.05, 0) is 31.6 Å². The lowest BCUT2D eigenvalue weighted by Crippen LogP contribution is -2.08. The Morgan fingerprint density at radius 3 is 2.60 bits per heavy atom. The second-order valence-corrected chi connectivity index (χ2v) is 4.95. The van der Waals surface area contributed by atoms with E-state index >= 15 is 0 Å². The van der Waals surface area contributed by atoms with Crippen LogP contribution in [0, 0.1) is 6.92 Å². The first-order chi connectivity index (χ1) is 9.66. The van der Waals surface area contributed by atoms with Gasteiger partial charge in [0.2, 0.25) is 0 Å². The maximum atomic E-state index is 5.98. The maximum Gasteiger partial charge on any atom is 0.124 e. The fourth-order valence-corrected chi connectivity index (χ4v) is 2.04. The van der Waals surface area contributed by atoms with Gasteiger partial charge in [0.15, 0.2) is 0 Å². The zero-order valence-corrected chi connectivity index (χ0v) is 12.0. The Balaban J connectivity index is 1.99. The van der Waals surface area contributed by atoms with Crippen LogP contribution in [0.25, 0.3) is 6.08 Å². The number of rotatable bonds is 5. The van der Waals surface area contributed by atoms with Crippen molar-refractivity contribution in [2.24, 2.45) is 5.73 Å². The number of aryl methyl sites for hydroxylation is 1. The van der Waals surface area contributed by atoms with Crippen molar-refractivity contribution in [1.82, 2.24) is 0 Å². The van der Waals surface area contributed by atoms with Crippen LogP contribution in [0.5, 0.6) is 5.75 Å². The van der Waals surface area contributed by atoms with Crippen LogP contribution in [0.15, 0.2) is 54.6 Å². The Morgan fingerprint density at radius 1 is 1.15 bits per heavy atom. The Morgan fingerprint density at radius 2 is 1.90 bits per heavy atom. The minimum Gasteiger partial charge on any atom is -0.489 e. The Kier molecular flexibility index (Phi) is 4.97. The summed E-state index contributed by atoms with van der Waals surface area (Å²) in [5.41, 5.74) is 9.41. The summed E-state index contributed by atoms with van der Waals surface area (Å²) in [6.45, 7) is 4.57. The highest BCUT2D eigenvalue weighted by molar-refractivity contribution is 5.48. The second kappa shape index (κ2) is 6.92. The molecule has 2 rings (SSSR count). The molecule has 0 unspecified atom stereocenters. The van der Waals surface area contributed by atoms with Gasteiger partial charge >= 0.3 is 0 Å². The molecule has 2 heteroatoms. The molecular formula is C18H21NO. The molecule has 2 nitrogen and oxygen atoms in total. The van der Waals surface area contributed by atoms with E-state index in [2.05, 4.69) is 31.2 Å². The number of ether oxygens (including phenoxy) is 1. The molecule has 1 atom stereocenters. The van der Waals surface area contributed by atoms with Crippen molar-refractivity contribution in [3.05, 3.63) is 71.3 Å². The molecule has 0 aliphatic carbocycles. The van der Waals surface area contributed by atoms with Gasteiger partial charge in [-0.2, -0.15) is 0 Å². The van der Waals surface area contributed by atoms with E-state index < -0.39 is 0 Å². The summed E-state index contributed by atoms with van der Waals surface area (Å²) in [6.07, 6.45) is 4.07. The van der Waals surface area contributed by atoms with Crippen molar-refractivity contribution in [1.29, 1.82) is 0 Å². The van der Waals surface area contributed by atoms with Crippen LogP contribution >= 0.6 is 0 Å². The zero-order chi connectivity index (χ0) is 14.4. The molecule has 0 aliphatic heterocycles. The molecule has 20 heavy (non-hydrogen) atoms. The average molecular weight is 267 g/mol. The third kappa shape index (κ3) is 3.97. The van der Waals surface area contributed by atoms with Crippen molar-refractivity contribution >= 4 is 6.08 Å². The van der Waals surface area contributed by atoms with E-state index in [1.165, 1.54) is 11.1 Å². The summed E-state index contributed by atoms with van der Waals surface area (Å²) in [7, 11) is 0. The number of hydrogen-bond donors (Lipinski definition) is 1. The Labute approximate surface area is 120 Å². The minimum absolute atomic E-state index is 0.0250. The molecule has 0 aromatic heterocycles. The standard InChI is InChI=1S/C18H21NO/c1-14-10-11-18(17(13-14)15(2)19)20-12-6-9-16-7-4-3-5-8-16/h3-11,13,15H,12,19H2,1-2H3/t15-/m1/s1. The summed E-state index contributed by atoms with van der Waals surface area (Å²) in [5.74, 6) is 0.864. The molecule has 0 spiro atoms. The van der Waals surface area contributed by atoms with Gasteiger partial charge in [0.05, 0.1) is 0 Å². The van der Waals surface area contributed by atoms with E-state index in [0.717, 1.165) is 11.3 Å². The van der Waals surface area contributed by atoms with Crippen LogP contribution in [0.2, 0.25) is 0 Å². The molecule has 0 saturated carbocycles. The van der Waals surface area contributed by atoms with Gasteiger partial charge in [-0.15, -0.1) is 0 Å². The van der Waals surface area contributed by atoms with Crippen LogP contribution in [-0.4, -0.2) is 6.61 Å². The monoisotopic (exact) mass is 267 g/mol. The summed E-state index contributed by atoms with van der Waals surface area (Å²) in [5, 5.41) is 0. The van der Waals surface area contributed by atoms with Crippen molar-refractivity contribution in [3.63, 3.8) is 0 Å². The maximum absolute atomic E-state index is 5.98. The molecule has 2 N–H and O–H groups in total. The smallest absolute Gasteiger partial charge is 0.124 e. The molecular weight excluding hydrogens is 246 g/mol. The first-order valence-corrected chi connectivity index (χ1v) is 6.87. The molecule has 0 fully saturated rings. The summed E-state index contributed by atoms with van der Waals surface area (Å²) in [4.78, 5) is 0. The highest BCUT2D eigenvalue weighted by Gasteiger charge is 2.07. The molecule has 0 amide bonds. The van der Waals surface area contributed by atoms with Crippen molar-refractivity contribution in [3.8, 4) is 5.75 Å². The lowest BCUT2D eigenvalue weighted by atomic mass is 10.1. The largest absolute Gasteiger partial charge is 0.489 e. The van der Waals surface area contributed by atoms with Crippen molar-refractivity contribution < 1.29 is 4.74 Å². The lowest BCUT2D eigenvalue weighted by molar-refractivity contribution is 0.357. The molecule has 0 saturated heterocycles. The SMILES string of the molecule is Cc1ccc(OCC=Cc2ccccc2)c([C@@H](C)N)c1. The Bertz CT molecular complexity index is 573. The fourth-order valence-electron chi connectivity index (χ4n) is 2.04. The number of nitrogens with two attached hydrogens (primary N) is 1. The van der Waals surface area contributed by atoms with Crippen LogP contribution in [0.4, 0.5) is 0 Å². The summed E-state index contributed by atoms with van der Waals surface area (Å²) < 4.78 is 5.81. The van der Waals surface area contributed by atoms with Gasteiger partial charge in [0, 0.05) is 11.6 Å². The van der Waals surface area contributed by atoms with E-state index in [1.807, 2.05) is 43.3 Å². The molecule has 0 heterocycles. The van der Waals surface area contributed by atoms with E-state index in [0.29, 0.717) is 6.61 Å². The van der Waals surface area contributed by atoms with Gasteiger partial charge in [-0.1, -0.05) is 54.1 Å².